The number of nitrogens with one attached hydrogen (secondary N) is 1. The molecule has 1 atom stereocenters. The van der Waals surface area contributed by atoms with E-state index in [1.807, 2.05) is 0 Å². The van der Waals surface area contributed by atoms with Crippen LogP contribution >= 0.6 is 0 Å². The summed E-state index contributed by atoms with van der Waals surface area (Å²) >= 11 is 0. The van der Waals surface area contributed by atoms with Gasteiger partial charge in [-0.2, -0.15) is 0 Å². The van der Waals surface area contributed by atoms with E-state index in [1.165, 1.54) is 31.2 Å². The number of hydrogen-bond donors (Lipinski definition) is 1. The molecule has 0 fully saturated rings. The lowest BCUT2D eigenvalue weighted by Crippen LogP contribution is -2.46. The second-order valence-electron chi connectivity index (χ2n) is 6.71. The zero-order valence-electron chi connectivity index (χ0n) is 13.4. The van der Waals surface area contributed by atoms with Crippen LogP contribution in [0.5, 0.6) is 0 Å². The van der Waals surface area contributed by atoms with E-state index in [9.17, 15) is 0 Å². The standard InChI is InChI=1S/C18H31N/c1-6-8-14-18(7-2,15-19-17(3,4)5)16-12-10-9-11-13-16/h9-13,19H,6-8,14-15H2,1-5H3. The van der Waals surface area contributed by atoms with Gasteiger partial charge < -0.3 is 5.32 Å². The van der Waals surface area contributed by atoms with Gasteiger partial charge in [0.1, 0.15) is 0 Å². The molecule has 0 aromatic heterocycles. The molecule has 1 aromatic carbocycles. The number of rotatable bonds is 7. The van der Waals surface area contributed by atoms with E-state index in [0.29, 0.717) is 0 Å². The van der Waals surface area contributed by atoms with Gasteiger partial charge in [0, 0.05) is 17.5 Å². The van der Waals surface area contributed by atoms with Crippen molar-refractivity contribution in [2.75, 3.05) is 6.54 Å². The van der Waals surface area contributed by atoms with Gasteiger partial charge in [-0.05, 0) is 39.2 Å². The first-order chi connectivity index (χ1) is 8.93. The highest BCUT2D eigenvalue weighted by molar-refractivity contribution is 5.26. The van der Waals surface area contributed by atoms with Crippen LogP contribution in [-0.2, 0) is 5.41 Å². The van der Waals surface area contributed by atoms with E-state index in [0.717, 1.165) is 6.54 Å². The van der Waals surface area contributed by atoms with Gasteiger partial charge in [-0.15, -0.1) is 0 Å². The molecule has 0 aliphatic carbocycles. The molecule has 0 amide bonds. The molecule has 0 aliphatic heterocycles. The predicted octanol–water partition coefficient (Wildman–Crippen LogP) is 4.91. The van der Waals surface area contributed by atoms with Crippen molar-refractivity contribution < 1.29 is 0 Å². The van der Waals surface area contributed by atoms with E-state index in [-0.39, 0.29) is 11.0 Å². The average Bonchev–Trinajstić information content (AvgIpc) is 2.40. The Labute approximate surface area is 119 Å². The van der Waals surface area contributed by atoms with E-state index in [4.69, 9.17) is 0 Å². The van der Waals surface area contributed by atoms with Gasteiger partial charge in [-0.3, -0.25) is 0 Å². The Kier molecular flexibility index (Phi) is 6.06. The molecule has 1 rings (SSSR count). The molecule has 0 radical (unpaired) electrons. The summed E-state index contributed by atoms with van der Waals surface area (Å²) in [6, 6.07) is 11.0. The summed E-state index contributed by atoms with van der Waals surface area (Å²) in [7, 11) is 0. The molecule has 0 bridgehead atoms. The fourth-order valence-electron chi connectivity index (χ4n) is 2.58. The van der Waals surface area contributed by atoms with Crippen LogP contribution in [0.15, 0.2) is 30.3 Å². The predicted molar refractivity (Wildman–Crippen MR) is 85.7 cm³/mol. The lowest BCUT2D eigenvalue weighted by atomic mass is 9.73. The van der Waals surface area contributed by atoms with Crippen molar-refractivity contribution in [1.82, 2.24) is 5.32 Å². The minimum Gasteiger partial charge on any atom is -0.311 e. The summed E-state index contributed by atoms with van der Waals surface area (Å²) < 4.78 is 0. The van der Waals surface area contributed by atoms with Gasteiger partial charge in [0.15, 0.2) is 0 Å². The van der Waals surface area contributed by atoms with Crippen molar-refractivity contribution >= 4 is 0 Å². The summed E-state index contributed by atoms with van der Waals surface area (Å²) in [6.07, 6.45) is 5.03. The van der Waals surface area contributed by atoms with Crippen molar-refractivity contribution in [2.24, 2.45) is 0 Å². The van der Waals surface area contributed by atoms with Gasteiger partial charge in [0.25, 0.3) is 0 Å². The zero-order chi connectivity index (χ0) is 14.4. The molecule has 1 aromatic rings. The van der Waals surface area contributed by atoms with Crippen molar-refractivity contribution in [2.45, 2.75) is 71.3 Å². The Bertz CT molecular complexity index is 350. The molecule has 0 aliphatic rings. The molecule has 1 unspecified atom stereocenters. The van der Waals surface area contributed by atoms with Crippen molar-refractivity contribution in [3.63, 3.8) is 0 Å². The lowest BCUT2D eigenvalue weighted by molar-refractivity contribution is 0.298. The zero-order valence-corrected chi connectivity index (χ0v) is 13.4. The highest BCUT2D eigenvalue weighted by Gasteiger charge is 2.30. The maximum atomic E-state index is 3.72. The maximum Gasteiger partial charge on any atom is 0.00968 e. The summed E-state index contributed by atoms with van der Waals surface area (Å²) in [5, 5.41) is 3.72. The summed E-state index contributed by atoms with van der Waals surface area (Å²) in [4.78, 5) is 0. The smallest absolute Gasteiger partial charge is 0.00968 e. The molecule has 1 heteroatoms. The second kappa shape index (κ2) is 7.09. The molecular formula is C18H31N. The molecule has 1 nitrogen and oxygen atoms in total. The topological polar surface area (TPSA) is 12.0 Å². The Balaban J connectivity index is 2.94. The van der Waals surface area contributed by atoms with E-state index in [1.54, 1.807) is 0 Å². The van der Waals surface area contributed by atoms with Gasteiger partial charge in [-0.25, -0.2) is 0 Å². The highest BCUT2D eigenvalue weighted by Crippen LogP contribution is 2.33. The quantitative estimate of drug-likeness (QED) is 0.735. The third kappa shape index (κ3) is 4.99. The van der Waals surface area contributed by atoms with Crippen LogP contribution < -0.4 is 5.32 Å². The molecular weight excluding hydrogens is 230 g/mol. The van der Waals surface area contributed by atoms with E-state index in [2.05, 4.69) is 70.3 Å². The van der Waals surface area contributed by atoms with Gasteiger partial charge >= 0.3 is 0 Å². The van der Waals surface area contributed by atoms with Crippen LogP contribution in [0.4, 0.5) is 0 Å². The largest absolute Gasteiger partial charge is 0.311 e. The van der Waals surface area contributed by atoms with Crippen molar-refractivity contribution in [3.05, 3.63) is 35.9 Å². The van der Waals surface area contributed by atoms with Crippen molar-refractivity contribution in [1.29, 1.82) is 0 Å². The highest BCUT2D eigenvalue weighted by atomic mass is 15.0. The van der Waals surface area contributed by atoms with Crippen molar-refractivity contribution in [3.8, 4) is 0 Å². The first kappa shape index (κ1) is 16.2. The average molecular weight is 261 g/mol. The third-order valence-electron chi connectivity index (χ3n) is 4.03. The van der Waals surface area contributed by atoms with Crippen LogP contribution in [0.3, 0.4) is 0 Å². The summed E-state index contributed by atoms with van der Waals surface area (Å²) in [6.45, 7) is 12.4. The van der Waals surface area contributed by atoms with Gasteiger partial charge in [0.2, 0.25) is 0 Å². The molecule has 1 N–H and O–H groups in total. The lowest BCUT2D eigenvalue weighted by Gasteiger charge is -2.37. The normalized spacial score (nSPS) is 15.2. The number of unbranched alkanes of at least 4 members (excludes halogenated alkanes) is 1. The number of benzene rings is 1. The van der Waals surface area contributed by atoms with E-state index >= 15 is 0 Å². The molecule has 0 saturated heterocycles. The first-order valence-electron chi connectivity index (χ1n) is 7.74. The fourth-order valence-corrected chi connectivity index (χ4v) is 2.58. The fraction of sp³-hybridized carbons (Fsp3) is 0.667. The second-order valence-corrected chi connectivity index (χ2v) is 6.71. The third-order valence-corrected chi connectivity index (χ3v) is 4.03. The molecule has 0 heterocycles. The first-order valence-corrected chi connectivity index (χ1v) is 7.74. The van der Waals surface area contributed by atoms with Gasteiger partial charge in [0.05, 0.1) is 0 Å². The minimum atomic E-state index is 0.182. The summed E-state index contributed by atoms with van der Waals surface area (Å²) in [5.41, 5.74) is 1.95. The number of hydrogen-bond acceptors (Lipinski definition) is 1. The van der Waals surface area contributed by atoms with Crippen LogP contribution in [0.2, 0.25) is 0 Å². The Morgan fingerprint density at radius 3 is 2.11 bits per heavy atom. The van der Waals surface area contributed by atoms with Crippen LogP contribution in [0, 0.1) is 0 Å². The maximum absolute atomic E-state index is 3.72. The van der Waals surface area contributed by atoms with Crippen LogP contribution in [0.25, 0.3) is 0 Å². The SMILES string of the molecule is CCCCC(CC)(CNC(C)(C)C)c1ccccc1. The molecule has 0 saturated carbocycles. The molecule has 19 heavy (non-hydrogen) atoms. The monoisotopic (exact) mass is 261 g/mol. The van der Waals surface area contributed by atoms with E-state index < -0.39 is 0 Å². The molecule has 108 valence electrons. The Morgan fingerprint density at radius 2 is 1.63 bits per heavy atom. The van der Waals surface area contributed by atoms with Crippen LogP contribution in [0.1, 0.15) is 65.9 Å². The van der Waals surface area contributed by atoms with Gasteiger partial charge in [-0.1, -0.05) is 57.0 Å². The summed E-state index contributed by atoms with van der Waals surface area (Å²) in [5.74, 6) is 0. The molecule has 0 spiro atoms. The Hall–Kier alpha value is -0.820. The Morgan fingerprint density at radius 1 is 1.00 bits per heavy atom. The minimum absolute atomic E-state index is 0.182. The van der Waals surface area contributed by atoms with Crippen LogP contribution in [-0.4, -0.2) is 12.1 Å².